The van der Waals surface area contributed by atoms with Gasteiger partial charge in [-0.25, -0.2) is 0 Å². The minimum absolute atomic E-state index is 0.204. The van der Waals surface area contributed by atoms with Crippen molar-refractivity contribution < 1.29 is 5.11 Å². The van der Waals surface area contributed by atoms with Crippen molar-refractivity contribution in [1.29, 1.82) is 0 Å². The molecule has 0 fully saturated rings. The molecule has 1 atom stereocenters. The van der Waals surface area contributed by atoms with Crippen LogP contribution in [-0.4, -0.2) is 23.2 Å². The lowest BCUT2D eigenvalue weighted by Gasteiger charge is -2.11. The van der Waals surface area contributed by atoms with E-state index < -0.39 is 0 Å². The number of rotatable bonds is 4. The molecule has 3 nitrogen and oxygen atoms in total. The minimum atomic E-state index is 0.204. The summed E-state index contributed by atoms with van der Waals surface area (Å²) in [6.07, 6.45) is 3.47. The van der Waals surface area contributed by atoms with Gasteiger partial charge in [-0.2, -0.15) is 0 Å². The van der Waals surface area contributed by atoms with Gasteiger partial charge in [-0.3, -0.25) is 4.98 Å². The first-order valence-corrected chi connectivity index (χ1v) is 4.97. The Hall–Kier alpha value is -0.610. The number of aliphatic hydroxyl groups is 1. The van der Waals surface area contributed by atoms with Crippen molar-refractivity contribution in [3.8, 4) is 0 Å². The van der Waals surface area contributed by atoms with Crippen LogP contribution in [0.4, 0.5) is 5.69 Å². The van der Waals surface area contributed by atoms with E-state index in [-0.39, 0.29) is 12.5 Å². The molecule has 0 saturated heterocycles. The molecule has 0 spiro atoms. The highest BCUT2D eigenvalue weighted by Crippen LogP contribution is 2.19. The van der Waals surface area contributed by atoms with Crippen LogP contribution in [0.1, 0.15) is 6.92 Å². The predicted molar refractivity (Wildman–Crippen MR) is 56.7 cm³/mol. The van der Waals surface area contributed by atoms with Gasteiger partial charge in [-0.15, -0.1) is 0 Å². The quantitative estimate of drug-likeness (QED) is 0.851. The molecule has 0 radical (unpaired) electrons. The highest BCUT2D eigenvalue weighted by atomic mass is 79.9. The van der Waals surface area contributed by atoms with Crippen LogP contribution in [-0.2, 0) is 0 Å². The zero-order valence-corrected chi connectivity index (χ0v) is 9.08. The monoisotopic (exact) mass is 244 g/mol. The summed E-state index contributed by atoms with van der Waals surface area (Å²) in [4.78, 5) is 3.96. The first kappa shape index (κ1) is 10.5. The maximum Gasteiger partial charge on any atom is 0.0590 e. The van der Waals surface area contributed by atoms with Crippen LogP contribution in [0.2, 0.25) is 0 Å². The van der Waals surface area contributed by atoms with E-state index >= 15 is 0 Å². The van der Waals surface area contributed by atoms with Crippen LogP contribution in [0, 0.1) is 5.92 Å². The summed E-state index contributed by atoms with van der Waals surface area (Å²) >= 11 is 3.38. The van der Waals surface area contributed by atoms with E-state index in [0.717, 1.165) is 16.7 Å². The number of aromatic nitrogens is 1. The van der Waals surface area contributed by atoms with E-state index in [1.165, 1.54) is 0 Å². The van der Waals surface area contributed by atoms with Crippen LogP contribution in [0.25, 0.3) is 0 Å². The number of aliphatic hydroxyl groups excluding tert-OH is 1. The highest BCUT2D eigenvalue weighted by molar-refractivity contribution is 9.10. The second-order valence-electron chi connectivity index (χ2n) is 3.02. The Morgan fingerprint density at radius 1 is 1.69 bits per heavy atom. The summed E-state index contributed by atoms with van der Waals surface area (Å²) in [5.41, 5.74) is 1.01. The maximum absolute atomic E-state index is 8.82. The maximum atomic E-state index is 8.82. The average molecular weight is 245 g/mol. The summed E-state index contributed by atoms with van der Waals surface area (Å²) in [6, 6.07) is 1.90. The van der Waals surface area contributed by atoms with Crippen molar-refractivity contribution in [2.75, 3.05) is 18.5 Å². The van der Waals surface area contributed by atoms with Crippen LogP contribution >= 0.6 is 15.9 Å². The van der Waals surface area contributed by atoms with Crippen molar-refractivity contribution in [3.05, 3.63) is 22.9 Å². The van der Waals surface area contributed by atoms with E-state index in [0.29, 0.717) is 0 Å². The molecule has 1 unspecified atom stereocenters. The third-order valence-corrected chi connectivity index (χ3v) is 2.36. The number of nitrogens with one attached hydrogen (secondary N) is 1. The summed E-state index contributed by atoms with van der Waals surface area (Å²) in [5, 5.41) is 12.0. The molecule has 4 heteroatoms. The Kier molecular flexibility index (Phi) is 4.18. The molecule has 0 aromatic carbocycles. The van der Waals surface area contributed by atoms with Crippen molar-refractivity contribution in [1.82, 2.24) is 4.98 Å². The minimum Gasteiger partial charge on any atom is -0.396 e. The van der Waals surface area contributed by atoms with Gasteiger partial charge in [-0.1, -0.05) is 6.92 Å². The van der Waals surface area contributed by atoms with E-state index in [1.54, 1.807) is 12.4 Å². The Balaban J connectivity index is 2.50. The predicted octanol–water partition coefficient (Wildman–Crippen LogP) is 1.88. The molecule has 0 amide bonds. The topological polar surface area (TPSA) is 45.1 Å². The molecule has 0 aliphatic rings. The first-order valence-electron chi connectivity index (χ1n) is 4.18. The van der Waals surface area contributed by atoms with Crippen molar-refractivity contribution in [2.45, 2.75) is 6.92 Å². The molecule has 1 aromatic rings. The lowest BCUT2D eigenvalue weighted by atomic mass is 10.2. The third kappa shape index (κ3) is 3.32. The van der Waals surface area contributed by atoms with Gasteiger partial charge < -0.3 is 10.4 Å². The standard InChI is InChI=1S/C9H13BrN2O/c1-7(6-13)4-12-9-2-3-11-5-8(9)10/h2-3,5,7,13H,4,6H2,1H3,(H,11,12). The van der Waals surface area contributed by atoms with Crippen LogP contribution in [0.5, 0.6) is 0 Å². The summed E-state index contributed by atoms with van der Waals surface area (Å²) in [6.45, 7) is 2.96. The normalized spacial score (nSPS) is 12.5. The molecule has 2 N–H and O–H groups in total. The molecule has 1 rings (SSSR count). The van der Waals surface area contributed by atoms with Gasteiger partial charge in [0, 0.05) is 25.5 Å². The molecule has 1 aromatic heterocycles. The fraction of sp³-hybridized carbons (Fsp3) is 0.444. The molecule has 0 saturated carbocycles. The van der Waals surface area contributed by atoms with E-state index in [1.807, 2.05) is 13.0 Å². The molecule has 0 aliphatic carbocycles. The van der Waals surface area contributed by atoms with Crippen LogP contribution < -0.4 is 5.32 Å². The summed E-state index contributed by atoms with van der Waals surface area (Å²) in [7, 11) is 0. The van der Waals surface area contributed by atoms with E-state index in [9.17, 15) is 0 Å². The summed E-state index contributed by atoms with van der Waals surface area (Å²) < 4.78 is 0.945. The van der Waals surface area contributed by atoms with Gasteiger partial charge in [-0.05, 0) is 27.9 Å². The average Bonchev–Trinajstić information content (AvgIpc) is 2.16. The number of halogens is 1. The first-order chi connectivity index (χ1) is 6.24. The molecule has 0 aliphatic heterocycles. The molecule has 72 valence electrons. The van der Waals surface area contributed by atoms with Gasteiger partial charge >= 0.3 is 0 Å². The van der Waals surface area contributed by atoms with Crippen molar-refractivity contribution in [2.24, 2.45) is 5.92 Å². The number of hydrogen-bond donors (Lipinski definition) is 2. The second kappa shape index (κ2) is 5.19. The number of nitrogens with zero attached hydrogens (tertiary/aromatic N) is 1. The molecule has 13 heavy (non-hydrogen) atoms. The Labute approximate surface area is 86.3 Å². The second-order valence-corrected chi connectivity index (χ2v) is 3.88. The van der Waals surface area contributed by atoms with Crippen molar-refractivity contribution >= 4 is 21.6 Å². The number of pyridine rings is 1. The van der Waals surface area contributed by atoms with Crippen LogP contribution in [0.15, 0.2) is 22.9 Å². The SMILES string of the molecule is CC(CO)CNc1ccncc1Br. The Morgan fingerprint density at radius 2 is 2.46 bits per heavy atom. The Bertz CT molecular complexity index is 268. The highest BCUT2D eigenvalue weighted by Gasteiger charge is 2.01. The van der Waals surface area contributed by atoms with E-state index in [2.05, 4.69) is 26.2 Å². The van der Waals surface area contributed by atoms with Gasteiger partial charge in [0.25, 0.3) is 0 Å². The zero-order valence-electron chi connectivity index (χ0n) is 7.50. The van der Waals surface area contributed by atoms with Crippen LogP contribution in [0.3, 0.4) is 0 Å². The Morgan fingerprint density at radius 3 is 3.08 bits per heavy atom. The fourth-order valence-corrected chi connectivity index (χ4v) is 1.26. The van der Waals surface area contributed by atoms with Gasteiger partial charge in [0.05, 0.1) is 10.2 Å². The van der Waals surface area contributed by atoms with E-state index in [4.69, 9.17) is 5.11 Å². The third-order valence-electron chi connectivity index (χ3n) is 1.73. The number of anilines is 1. The molecular weight excluding hydrogens is 232 g/mol. The molecular formula is C9H13BrN2O. The lowest BCUT2D eigenvalue weighted by Crippen LogP contribution is -2.14. The van der Waals surface area contributed by atoms with Gasteiger partial charge in [0.15, 0.2) is 0 Å². The largest absolute Gasteiger partial charge is 0.396 e. The zero-order chi connectivity index (χ0) is 9.68. The lowest BCUT2D eigenvalue weighted by molar-refractivity contribution is 0.244. The molecule has 1 heterocycles. The smallest absolute Gasteiger partial charge is 0.0590 e. The fourth-order valence-electron chi connectivity index (χ4n) is 0.867. The summed E-state index contributed by atoms with van der Waals surface area (Å²) in [5.74, 6) is 0.264. The molecule has 0 bridgehead atoms. The van der Waals surface area contributed by atoms with Gasteiger partial charge in [0.2, 0.25) is 0 Å². The van der Waals surface area contributed by atoms with Crippen molar-refractivity contribution in [3.63, 3.8) is 0 Å². The number of hydrogen-bond acceptors (Lipinski definition) is 3. The van der Waals surface area contributed by atoms with Gasteiger partial charge in [0.1, 0.15) is 0 Å².